The van der Waals surface area contributed by atoms with E-state index in [2.05, 4.69) is 59.0 Å². The van der Waals surface area contributed by atoms with E-state index < -0.39 is 0 Å². The number of piperidine rings is 1. The number of amides is 1. The van der Waals surface area contributed by atoms with Gasteiger partial charge in [0.05, 0.1) is 23.7 Å². The second-order valence-corrected chi connectivity index (χ2v) is 10.3. The molecule has 34 heavy (non-hydrogen) atoms. The van der Waals surface area contributed by atoms with Crippen LogP contribution in [0.5, 0.6) is 0 Å². The molecular formula is C27H33ClN4O2. The van der Waals surface area contributed by atoms with E-state index in [0.29, 0.717) is 12.5 Å². The zero-order valence-electron chi connectivity index (χ0n) is 20.2. The molecule has 0 spiro atoms. The van der Waals surface area contributed by atoms with Crippen LogP contribution in [0.15, 0.2) is 36.4 Å². The number of anilines is 1. The first kappa shape index (κ1) is 23.2. The summed E-state index contributed by atoms with van der Waals surface area (Å²) in [6, 6.07) is 12.9. The molecule has 0 radical (unpaired) electrons. The Balaban J connectivity index is 1.42. The topological polar surface area (TPSA) is 59.4 Å². The molecule has 3 heterocycles. The molecule has 7 heteroatoms. The van der Waals surface area contributed by atoms with E-state index >= 15 is 0 Å². The van der Waals surface area contributed by atoms with E-state index in [9.17, 15) is 4.79 Å². The Morgan fingerprint density at radius 2 is 1.88 bits per heavy atom. The monoisotopic (exact) mass is 480 g/mol. The Hall–Kier alpha value is -2.57. The van der Waals surface area contributed by atoms with Gasteiger partial charge in [-0.1, -0.05) is 37.6 Å². The van der Waals surface area contributed by atoms with Crippen molar-refractivity contribution in [3.63, 3.8) is 0 Å². The van der Waals surface area contributed by atoms with Crippen LogP contribution in [0, 0.1) is 12.8 Å². The standard InChI is InChI=1S/C27H33ClN4O2/c1-17(2)19-4-6-22(7-5-19)32-25-15-23(28)18(3)14-24(25)30-27(32)31-11-8-20(9-12-31)26(33)29-21-10-13-34-16-21/h4-7,14-15,17,20-21H,8-13,16H2,1-3H3,(H,29,33)/t21-/m1/s1. The van der Waals surface area contributed by atoms with E-state index in [4.69, 9.17) is 21.3 Å². The number of hydrogen-bond donors (Lipinski definition) is 1. The molecule has 5 rings (SSSR count). The molecule has 2 aromatic carbocycles. The molecular weight excluding hydrogens is 448 g/mol. The van der Waals surface area contributed by atoms with Gasteiger partial charge in [-0.2, -0.15) is 0 Å². The molecule has 1 amide bonds. The average molecular weight is 481 g/mol. The Bertz CT molecular complexity index is 1170. The van der Waals surface area contributed by atoms with Crippen LogP contribution in [-0.2, 0) is 9.53 Å². The van der Waals surface area contributed by atoms with Crippen molar-refractivity contribution < 1.29 is 9.53 Å². The van der Waals surface area contributed by atoms with Crippen LogP contribution in [0.25, 0.3) is 16.7 Å². The summed E-state index contributed by atoms with van der Waals surface area (Å²) in [4.78, 5) is 20.1. The third-order valence-electron chi connectivity index (χ3n) is 7.16. The molecule has 2 fully saturated rings. The van der Waals surface area contributed by atoms with Gasteiger partial charge in [-0.15, -0.1) is 0 Å². The molecule has 3 aromatic rings. The molecule has 1 aromatic heterocycles. The highest BCUT2D eigenvalue weighted by Gasteiger charge is 2.30. The first-order valence-electron chi connectivity index (χ1n) is 12.3. The number of benzene rings is 2. The number of fused-ring (bicyclic) bond motifs is 1. The third-order valence-corrected chi connectivity index (χ3v) is 7.57. The van der Waals surface area contributed by atoms with Gasteiger partial charge in [-0.05, 0) is 67.5 Å². The van der Waals surface area contributed by atoms with Crippen molar-refractivity contribution in [3.8, 4) is 5.69 Å². The van der Waals surface area contributed by atoms with Gasteiger partial charge in [0.2, 0.25) is 11.9 Å². The normalized spacial score (nSPS) is 19.3. The van der Waals surface area contributed by atoms with Gasteiger partial charge >= 0.3 is 0 Å². The summed E-state index contributed by atoms with van der Waals surface area (Å²) in [6.07, 6.45) is 2.54. The number of halogens is 1. The molecule has 0 bridgehead atoms. The molecule has 2 aliphatic rings. The third kappa shape index (κ3) is 4.53. The van der Waals surface area contributed by atoms with Crippen LogP contribution >= 0.6 is 11.6 Å². The molecule has 2 saturated heterocycles. The summed E-state index contributed by atoms with van der Waals surface area (Å²) in [6.45, 7) is 9.37. The van der Waals surface area contributed by atoms with Gasteiger partial charge in [0.15, 0.2) is 0 Å². The second-order valence-electron chi connectivity index (χ2n) is 9.91. The summed E-state index contributed by atoms with van der Waals surface area (Å²) < 4.78 is 7.61. The van der Waals surface area contributed by atoms with E-state index in [1.54, 1.807) is 0 Å². The summed E-state index contributed by atoms with van der Waals surface area (Å²) in [5.41, 5.74) is 5.34. The Labute approximate surface area is 206 Å². The van der Waals surface area contributed by atoms with Crippen LogP contribution in [0.4, 0.5) is 5.95 Å². The minimum atomic E-state index is 0.0386. The fourth-order valence-corrected chi connectivity index (χ4v) is 5.13. The van der Waals surface area contributed by atoms with Crippen LogP contribution in [-0.4, -0.2) is 47.8 Å². The second kappa shape index (κ2) is 9.59. The predicted octanol–water partition coefficient (Wildman–Crippen LogP) is 5.23. The molecule has 180 valence electrons. The Morgan fingerprint density at radius 3 is 2.53 bits per heavy atom. The Kier molecular flexibility index (Phi) is 6.54. The maximum absolute atomic E-state index is 12.8. The lowest BCUT2D eigenvalue weighted by Crippen LogP contribution is -2.44. The summed E-state index contributed by atoms with van der Waals surface area (Å²) >= 11 is 6.52. The van der Waals surface area contributed by atoms with E-state index in [0.717, 1.165) is 72.2 Å². The molecule has 1 atom stereocenters. The highest BCUT2D eigenvalue weighted by Crippen LogP contribution is 2.33. The number of ether oxygens (including phenoxy) is 1. The largest absolute Gasteiger partial charge is 0.379 e. The van der Waals surface area contributed by atoms with Gasteiger partial charge in [-0.3, -0.25) is 9.36 Å². The number of nitrogens with one attached hydrogen (secondary N) is 1. The van der Waals surface area contributed by atoms with Gasteiger partial charge < -0.3 is 15.0 Å². The van der Waals surface area contributed by atoms with Crippen LogP contribution in [0.3, 0.4) is 0 Å². The molecule has 2 aliphatic heterocycles. The fourth-order valence-electron chi connectivity index (χ4n) is 4.97. The van der Waals surface area contributed by atoms with Gasteiger partial charge in [0, 0.05) is 36.3 Å². The maximum Gasteiger partial charge on any atom is 0.223 e. The highest BCUT2D eigenvalue weighted by molar-refractivity contribution is 6.32. The lowest BCUT2D eigenvalue weighted by Gasteiger charge is -2.32. The molecule has 0 unspecified atom stereocenters. The zero-order chi connectivity index (χ0) is 23.8. The van der Waals surface area contributed by atoms with Gasteiger partial charge in [0.25, 0.3) is 0 Å². The number of hydrogen-bond acceptors (Lipinski definition) is 4. The van der Waals surface area contributed by atoms with Crippen LogP contribution in [0.1, 0.15) is 50.2 Å². The summed E-state index contributed by atoms with van der Waals surface area (Å²) in [5.74, 6) is 1.59. The predicted molar refractivity (Wildman–Crippen MR) is 137 cm³/mol. The minimum Gasteiger partial charge on any atom is -0.379 e. The average Bonchev–Trinajstić information content (AvgIpc) is 3.47. The van der Waals surface area contributed by atoms with E-state index in [-0.39, 0.29) is 17.9 Å². The fraction of sp³-hybridized carbons (Fsp3) is 0.481. The highest BCUT2D eigenvalue weighted by atomic mass is 35.5. The first-order valence-corrected chi connectivity index (χ1v) is 12.7. The SMILES string of the molecule is Cc1cc2nc(N3CCC(C(=O)N[C@@H]4CCOC4)CC3)n(-c3ccc(C(C)C)cc3)c2cc1Cl. The summed E-state index contributed by atoms with van der Waals surface area (Å²) in [7, 11) is 0. The number of aromatic nitrogens is 2. The number of nitrogens with zero attached hydrogens (tertiary/aromatic N) is 3. The lowest BCUT2D eigenvalue weighted by atomic mass is 9.95. The molecule has 0 saturated carbocycles. The van der Waals surface area contributed by atoms with Gasteiger partial charge in [-0.25, -0.2) is 4.98 Å². The molecule has 1 N–H and O–H groups in total. The van der Waals surface area contributed by atoms with Crippen molar-refractivity contribution in [2.24, 2.45) is 5.92 Å². The van der Waals surface area contributed by atoms with Crippen molar-refractivity contribution in [2.75, 3.05) is 31.2 Å². The van der Waals surface area contributed by atoms with Crippen molar-refractivity contribution in [2.45, 2.75) is 52.0 Å². The number of carbonyl (C=O) groups is 1. The molecule has 0 aliphatic carbocycles. The Morgan fingerprint density at radius 1 is 1.15 bits per heavy atom. The minimum absolute atomic E-state index is 0.0386. The zero-order valence-corrected chi connectivity index (χ0v) is 20.9. The first-order chi connectivity index (χ1) is 16.4. The van der Waals surface area contributed by atoms with E-state index in [1.165, 1.54) is 5.56 Å². The quantitative estimate of drug-likeness (QED) is 0.543. The maximum atomic E-state index is 12.8. The van der Waals surface area contributed by atoms with Crippen LogP contribution < -0.4 is 10.2 Å². The van der Waals surface area contributed by atoms with Crippen molar-refractivity contribution in [3.05, 3.63) is 52.5 Å². The van der Waals surface area contributed by atoms with Gasteiger partial charge in [0.1, 0.15) is 0 Å². The number of rotatable bonds is 5. The van der Waals surface area contributed by atoms with Crippen molar-refractivity contribution in [1.82, 2.24) is 14.9 Å². The lowest BCUT2D eigenvalue weighted by molar-refractivity contribution is -0.126. The van der Waals surface area contributed by atoms with Crippen molar-refractivity contribution >= 4 is 34.5 Å². The smallest absolute Gasteiger partial charge is 0.223 e. The van der Waals surface area contributed by atoms with Crippen molar-refractivity contribution in [1.29, 1.82) is 0 Å². The summed E-state index contributed by atoms with van der Waals surface area (Å²) in [5, 5.41) is 3.91. The number of carbonyl (C=O) groups excluding carboxylic acids is 1. The van der Waals surface area contributed by atoms with E-state index in [1.807, 2.05) is 13.0 Å². The molecule has 6 nitrogen and oxygen atoms in total. The number of imidazole rings is 1. The number of aryl methyl sites for hydroxylation is 1. The van der Waals surface area contributed by atoms with Crippen LogP contribution in [0.2, 0.25) is 5.02 Å².